The Kier molecular flexibility index (Phi) is 3.38. The van der Waals surface area contributed by atoms with Crippen LogP contribution in [0.5, 0.6) is 0 Å². The normalized spacial score (nSPS) is 14.7. The summed E-state index contributed by atoms with van der Waals surface area (Å²) in [7, 11) is 0. The number of carbonyl (C=O) groups excluding carboxylic acids is 1. The van der Waals surface area contributed by atoms with Gasteiger partial charge in [0.15, 0.2) is 10.8 Å². The summed E-state index contributed by atoms with van der Waals surface area (Å²) in [5, 5.41) is 0.803. The molecule has 0 unspecified atom stereocenters. The van der Waals surface area contributed by atoms with Crippen LogP contribution in [-0.4, -0.2) is 40.1 Å². The Labute approximate surface area is 134 Å². The lowest BCUT2D eigenvalue weighted by atomic mass is 10.2. The Bertz CT molecular complexity index is 864. The molecule has 0 bridgehead atoms. The first kappa shape index (κ1) is 14.0. The predicted octanol–water partition coefficient (Wildman–Crippen LogP) is 2.27. The average Bonchev–Trinajstić information content (AvgIpc) is 2.93. The van der Waals surface area contributed by atoms with Crippen molar-refractivity contribution in [1.29, 1.82) is 0 Å². The summed E-state index contributed by atoms with van der Waals surface area (Å²) in [6.07, 6.45) is 4.12. The van der Waals surface area contributed by atoms with E-state index in [1.807, 2.05) is 4.90 Å². The van der Waals surface area contributed by atoms with Gasteiger partial charge in [-0.25, -0.2) is 19.2 Å². The number of nitrogens with zero attached hydrogens (tertiary/aromatic N) is 4. The molecule has 6 nitrogen and oxygen atoms in total. The third-order valence-electron chi connectivity index (χ3n) is 3.50. The monoisotopic (exact) mass is 330 g/mol. The maximum atomic E-state index is 13.2. The van der Waals surface area contributed by atoms with Gasteiger partial charge in [0.25, 0.3) is 0 Å². The Balaban J connectivity index is 1.40. The van der Waals surface area contributed by atoms with Crippen LogP contribution >= 0.6 is 11.3 Å². The number of thiazole rings is 1. The standard InChI is InChI=1S/C15H11FN4O2S/c16-9-1-2-11-13(5-9)23-15(19-11)20-7-10(8-20)22-14(21)12-6-17-3-4-18-12/h1-6,10H,7-8H2. The van der Waals surface area contributed by atoms with E-state index < -0.39 is 5.97 Å². The number of carbonyl (C=O) groups is 1. The molecule has 0 spiro atoms. The minimum Gasteiger partial charge on any atom is -0.454 e. The van der Waals surface area contributed by atoms with Crippen LogP contribution in [0.2, 0.25) is 0 Å². The Morgan fingerprint density at radius 3 is 3.00 bits per heavy atom. The van der Waals surface area contributed by atoms with Crippen LogP contribution in [-0.2, 0) is 4.74 Å². The van der Waals surface area contributed by atoms with Gasteiger partial charge in [-0.15, -0.1) is 0 Å². The van der Waals surface area contributed by atoms with Gasteiger partial charge in [0.2, 0.25) is 0 Å². The second kappa shape index (κ2) is 5.54. The highest BCUT2D eigenvalue weighted by Gasteiger charge is 2.32. The second-order valence-electron chi connectivity index (χ2n) is 5.13. The van der Waals surface area contributed by atoms with Crippen molar-refractivity contribution in [2.24, 2.45) is 0 Å². The van der Waals surface area contributed by atoms with Gasteiger partial charge in [0.1, 0.15) is 11.9 Å². The Morgan fingerprint density at radius 2 is 2.22 bits per heavy atom. The van der Waals surface area contributed by atoms with E-state index in [0.717, 1.165) is 15.3 Å². The minimum absolute atomic E-state index is 0.196. The van der Waals surface area contributed by atoms with E-state index in [0.29, 0.717) is 13.1 Å². The highest BCUT2D eigenvalue weighted by Crippen LogP contribution is 2.32. The molecule has 0 atom stereocenters. The topological polar surface area (TPSA) is 68.2 Å². The molecular weight excluding hydrogens is 319 g/mol. The van der Waals surface area contributed by atoms with Gasteiger partial charge in [0.05, 0.1) is 29.5 Å². The lowest BCUT2D eigenvalue weighted by Gasteiger charge is -2.37. The molecule has 1 aliphatic rings. The fraction of sp³-hybridized carbons (Fsp3) is 0.200. The van der Waals surface area contributed by atoms with Crippen molar-refractivity contribution in [2.75, 3.05) is 18.0 Å². The largest absolute Gasteiger partial charge is 0.454 e. The van der Waals surface area contributed by atoms with Crippen molar-refractivity contribution in [3.8, 4) is 0 Å². The number of aromatic nitrogens is 3. The quantitative estimate of drug-likeness (QED) is 0.686. The van der Waals surface area contributed by atoms with Crippen molar-refractivity contribution in [3.05, 3.63) is 48.3 Å². The number of esters is 1. The Hall–Kier alpha value is -2.61. The number of rotatable bonds is 3. The SMILES string of the molecule is O=C(OC1CN(c2nc3ccc(F)cc3s2)C1)c1cnccn1. The molecule has 23 heavy (non-hydrogen) atoms. The molecule has 4 rings (SSSR count). The molecule has 3 heterocycles. The van der Waals surface area contributed by atoms with Crippen molar-refractivity contribution < 1.29 is 13.9 Å². The van der Waals surface area contributed by atoms with E-state index in [1.54, 1.807) is 6.07 Å². The molecule has 8 heteroatoms. The first-order valence-electron chi connectivity index (χ1n) is 6.97. The summed E-state index contributed by atoms with van der Waals surface area (Å²) in [5.41, 5.74) is 0.966. The summed E-state index contributed by atoms with van der Waals surface area (Å²) >= 11 is 1.42. The summed E-state index contributed by atoms with van der Waals surface area (Å²) in [6, 6.07) is 4.53. The molecule has 1 saturated heterocycles. The predicted molar refractivity (Wildman–Crippen MR) is 83.0 cm³/mol. The third kappa shape index (κ3) is 2.72. The zero-order valence-electron chi connectivity index (χ0n) is 11.8. The maximum Gasteiger partial charge on any atom is 0.358 e. The van der Waals surface area contributed by atoms with E-state index in [9.17, 15) is 9.18 Å². The van der Waals surface area contributed by atoms with Crippen molar-refractivity contribution in [2.45, 2.75) is 6.10 Å². The molecule has 1 aromatic carbocycles. The number of fused-ring (bicyclic) bond motifs is 1. The highest BCUT2D eigenvalue weighted by molar-refractivity contribution is 7.22. The van der Waals surface area contributed by atoms with Gasteiger partial charge in [-0.2, -0.15) is 0 Å². The van der Waals surface area contributed by atoms with Gasteiger partial charge in [-0.3, -0.25) is 4.98 Å². The maximum absolute atomic E-state index is 13.2. The molecule has 0 amide bonds. The van der Waals surface area contributed by atoms with Crippen LogP contribution in [0.4, 0.5) is 9.52 Å². The number of halogens is 1. The first-order chi connectivity index (χ1) is 11.2. The summed E-state index contributed by atoms with van der Waals surface area (Å²) < 4.78 is 19.4. The van der Waals surface area contributed by atoms with Crippen molar-refractivity contribution in [3.63, 3.8) is 0 Å². The zero-order valence-corrected chi connectivity index (χ0v) is 12.7. The Morgan fingerprint density at radius 1 is 1.35 bits per heavy atom. The molecule has 1 fully saturated rings. The first-order valence-corrected chi connectivity index (χ1v) is 7.79. The lowest BCUT2D eigenvalue weighted by molar-refractivity contribution is 0.0227. The number of hydrogen-bond donors (Lipinski definition) is 0. The van der Waals surface area contributed by atoms with Gasteiger partial charge >= 0.3 is 5.97 Å². The van der Waals surface area contributed by atoms with Crippen LogP contribution in [0.25, 0.3) is 10.2 Å². The molecule has 3 aromatic rings. The van der Waals surface area contributed by atoms with E-state index in [4.69, 9.17) is 4.74 Å². The molecule has 0 saturated carbocycles. The van der Waals surface area contributed by atoms with Crippen LogP contribution in [0.3, 0.4) is 0 Å². The van der Waals surface area contributed by atoms with Crippen LogP contribution in [0, 0.1) is 5.82 Å². The molecule has 2 aromatic heterocycles. The van der Waals surface area contributed by atoms with Crippen LogP contribution in [0.15, 0.2) is 36.8 Å². The van der Waals surface area contributed by atoms with Gasteiger partial charge in [-0.1, -0.05) is 11.3 Å². The van der Waals surface area contributed by atoms with E-state index in [1.165, 1.54) is 42.1 Å². The summed E-state index contributed by atoms with van der Waals surface area (Å²) in [4.78, 5) is 26.1. The second-order valence-corrected chi connectivity index (χ2v) is 6.14. The van der Waals surface area contributed by atoms with E-state index in [2.05, 4.69) is 15.0 Å². The fourth-order valence-corrected chi connectivity index (χ4v) is 3.32. The van der Waals surface area contributed by atoms with Gasteiger partial charge in [0, 0.05) is 12.4 Å². The van der Waals surface area contributed by atoms with Gasteiger partial charge in [-0.05, 0) is 18.2 Å². The number of benzene rings is 1. The van der Waals surface area contributed by atoms with E-state index in [-0.39, 0.29) is 17.6 Å². The summed E-state index contributed by atoms with van der Waals surface area (Å²) in [5.74, 6) is -0.749. The molecule has 116 valence electrons. The molecule has 0 N–H and O–H groups in total. The molecule has 0 aliphatic carbocycles. The number of hydrogen-bond acceptors (Lipinski definition) is 7. The van der Waals surface area contributed by atoms with E-state index >= 15 is 0 Å². The number of anilines is 1. The summed E-state index contributed by atoms with van der Waals surface area (Å²) in [6.45, 7) is 1.13. The van der Waals surface area contributed by atoms with Crippen molar-refractivity contribution in [1.82, 2.24) is 15.0 Å². The molecular formula is C15H11FN4O2S. The lowest BCUT2D eigenvalue weighted by Crippen LogP contribution is -2.53. The third-order valence-corrected chi connectivity index (χ3v) is 4.58. The molecule has 1 aliphatic heterocycles. The van der Waals surface area contributed by atoms with Crippen LogP contribution < -0.4 is 4.90 Å². The van der Waals surface area contributed by atoms with Crippen molar-refractivity contribution >= 4 is 32.7 Å². The van der Waals surface area contributed by atoms with Gasteiger partial charge < -0.3 is 9.64 Å². The highest BCUT2D eigenvalue weighted by atomic mass is 32.1. The minimum atomic E-state index is -0.478. The number of ether oxygens (including phenoxy) is 1. The van der Waals surface area contributed by atoms with Crippen LogP contribution in [0.1, 0.15) is 10.5 Å². The fourth-order valence-electron chi connectivity index (χ4n) is 2.31. The zero-order chi connectivity index (χ0) is 15.8. The average molecular weight is 330 g/mol. The molecule has 0 radical (unpaired) electrons. The smallest absolute Gasteiger partial charge is 0.358 e.